The summed E-state index contributed by atoms with van der Waals surface area (Å²) >= 11 is 18.8. The number of nitrogen functional groups attached to an aromatic ring is 1. The molecule has 2 aliphatic rings. The highest BCUT2D eigenvalue weighted by Crippen LogP contribution is 2.42. The first-order valence-corrected chi connectivity index (χ1v) is 16.3. The van der Waals surface area contributed by atoms with Gasteiger partial charge in [-0.2, -0.15) is 0 Å². The minimum Gasteiger partial charge on any atom is -0.383 e. The van der Waals surface area contributed by atoms with Crippen LogP contribution in [-0.4, -0.2) is 72.0 Å². The molecule has 1 aliphatic carbocycles. The molecule has 0 bridgehead atoms. The van der Waals surface area contributed by atoms with Crippen LogP contribution in [0.15, 0.2) is 42.9 Å². The summed E-state index contributed by atoms with van der Waals surface area (Å²) in [5.74, 6) is -0.0595. The maximum absolute atomic E-state index is 15.6. The zero-order valence-electron chi connectivity index (χ0n) is 23.5. The molecule has 0 unspecified atom stereocenters. The van der Waals surface area contributed by atoms with Gasteiger partial charge in [-0.05, 0) is 56.5 Å². The molecule has 230 valence electrons. The first kappa shape index (κ1) is 31.9. The van der Waals surface area contributed by atoms with E-state index < -0.39 is 16.7 Å². The van der Waals surface area contributed by atoms with Gasteiger partial charge in [-0.25, -0.2) is 27.9 Å². The number of aromatic nitrogens is 3. The number of nitrogens with two attached hydrogens (primary N) is 2. The van der Waals surface area contributed by atoms with Crippen molar-refractivity contribution < 1.29 is 12.8 Å². The highest BCUT2D eigenvalue weighted by Gasteiger charge is 2.30. The Labute approximate surface area is 266 Å². The Morgan fingerprint density at radius 1 is 0.907 bits per heavy atom. The average molecular weight is 669 g/mol. The number of thiol groups is 1. The monoisotopic (exact) mass is 667 g/mol. The lowest BCUT2D eigenvalue weighted by atomic mass is 9.89. The topological polar surface area (TPSA) is 123 Å². The van der Waals surface area contributed by atoms with E-state index in [1.807, 2.05) is 6.07 Å². The van der Waals surface area contributed by atoms with E-state index in [-0.39, 0.29) is 0 Å². The van der Waals surface area contributed by atoms with Crippen molar-refractivity contribution in [1.82, 2.24) is 24.3 Å². The summed E-state index contributed by atoms with van der Waals surface area (Å²) in [5, 5.41) is 5.79. The maximum atomic E-state index is 15.6. The van der Waals surface area contributed by atoms with Crippen LogP contribution >= 0.6 is 34.8 Å². The van der Waals surface area contributed by atoms with Crippen LogP contribution in [-0.2, 0) is 10.9 Å². The van der Waals surface area contributed by atoms with Crippen molar-refractivity contribution in [1.29, 1.82) is 0 Å². The molecule has 1 saturated carbocycles. The molecule has 9 nitrogen and oxygen atoms in total. The van der Waals surface area contributed by atoms with Gasteiger partial charge in [-0.15, -0.1) is 0 Å². The molecule has 14 heteroatoms. The summed E-state index contributed by atoms with van der Waals surface area (Å²) in [6, 6.07) is 9.08. The molecule has 0 amide bonds. The van der Waals surface area contributed by atoms with Crippen molar-refractivity contribution in [2.75, 3.05) is 39.0 Å². The van der Waals surface area contributed by atoms with E-state index in [1.165, 1.54) is 12.4 Å². The van der Waals surface area contributed by atoms with Gasteiger partial charge in [0.05, 0.1) is 15.4 Å². The summed E-state index contributed by atoms with van der Waals surface area (Å²) in [5.41, 5.74) is 9.37. The Bertz CT molecular complexity index is 1670. The van der Waals surface area contributed by atoms with Gasteiger partial charge in [0, 0.05) is 66.2 Å². The third-order valence-corrected chi connectivity index (χ3v) is 9.12. The molecule has 4 N–H and O–H groups in total. The van der Waals surface area contributed by atoms with Gasteiger partial charge in [-0.1, -0.05) is 46.9 Å². The van der Waals surface area contributed by atoms with E-state index in [0.717, 1.165) is 68.5 Å². The van der Waals surface area contributed by atoms with E-state index in [9.17, 15) is 0 Å². The number of fused-ring (bicyclic) bond motifs is 1. The van der Waals surface area contributed by atoms with E-state index in [1.54, 1.807) is 18.2 Å². The lowest BCUT2D eigenvalue weighted by Crippen LogP contribution is -2.49. The molecule has 6 rings (SSSR count). The fourth-order valence-electron chi connectivity index (χ4n) is 6.18. The van der Waals surface area contributed by atoms with Gasteiger partial charge in [-0.3, -0.25) is 4.90 Å². The Morgan fingerprint density at radius 2 is 1.51 bits per heavy atom. The lowest BCUT2D eigenvalue weighted by Gasteiger charge is -2.41. The molecule has 2 aromatic carbocycles. The second kappa shape index (κ2) is 13.6. The second-order valence-corrected chi connectivity index (χ2v) is 12.8. The zero-order chi connectivity index (χ0) is 30.8. The molecule has 43 heavy (non-hydrogen) atoms. The molecule has 0 spiro atoms. The quantitative estimate of drug-likeness (QED) is 0.240. The van der Waals surface area contributed by atoms with Crippen LogP contribution < -0.4 is 10.9 Å². The number of hydrogen-bond donors (Lipinski definition) is 3. The van der Waals surface area contributed by atoms with Gasteiger partial charge >= 0.3 is 0 Å². The summed E-state index contributed by atoms with van der Waals surface area (Å²) in [7, 11) is -0.428. The number of benzene rings is 2. The summed E-state index contributed by atoms with van der Waals surface area (Å²) < 4.78 is 35.4. The van der Waals surface area contributed by atoms with Gasteiger partial charge < -0.3 is 15.2 Å². The third-order valence-electron chi connectivity index (χ3n) is 8.31. The molecule has 2 aromatic heterocycles. The minimum atomic E-state index is -2.62. The maximum Gasteiger partial charge on any atom is 0.198 e. The Kier molecular flexibility index (Phi) is 10.1. The number of rotatable bonds is 4. The Balaban J connectivity index is 0.000000868. The van der Waals surface area contributed by atoms with Gasteiger partial charge in [0.15, 0.2) is 10.9 Å². The van der Waals surface area contributed by atoms with Crippen LogP contribution in [0.1, 0.15) is 31.7 Å². The predicted octanol–water partition coefficient (Wildman–Crippen LogP) is 5.65. The number of halogens is 4. The van der Waals surface area contributed by atoms with Crippen LogP contribution in [0.3, 0.4) is 0 Å². The molecule has 4 aromatic rings. The SMILES string of the molecule is CN1CCN(C2CCC(n3cc(-c4ccc(-c5c(Cl)cc(Cl)cc5Cl)c(F)c4)c4c(N)ncnc43)CC2)CC1.N[SH](=O)=O. The van der Waals surface area contributed by atoms with Crippen molar-refractivity contribution in [2.24, 2.45) is 5.14 Å². The van der Waals surface area contributed by atoms with E-state index in [0.29, 0.717) is 49.7 Å². The predicted molar refractivity (Wildman–Crippen MR) is 173 cm³/mol. The van der Waals surface area contributed by atoms with Crippen LogP contribution in [0.2, 0.25) is 15.1 Å². The highest BCUT2D eigenvalue weighted by molar-refractivity contribution is 7.69. The van der Waals surface area contributed by atoms with Crippen molar-refractivity contribution in [3.63, 3.8) is 0 Å². The molecule has 3 heterocycles. The number of hydrogen-bond acceptors (Lipinski definition) is 7. The number of nitrogens with zero attached hydrogens (tertiary/aromatic N) is 5. The van der Waals surface area contributed by atoms with Crippen LogP contribution in [0, 0.1) is 5.82 Å². The fourth-order valence-corrected chi connectivity index (χ4v) is 7.20. The number of anilines is 1. The van der Waals surface area contributed by atoms with Crippen molar-refractivity contribution in [2.45, 2.75) is 37.8 Å². The van der Waals surface area contributed by atoms with E-state index >= 15 is 4.39 Å². The number of piperazine rings is 1. The molecular weight excluding hydrogens is 636 g/mol. The Morgan fingerprint density at radius 3 is 2.12 bits per heavy atom. The molecule has 0 atom stereocenters. The molecule has 1 saturated heterocycles. The van der Waals surface area contributed by atoms with Crippen molar-refractivity contribution in [3.05, 3.63) is 63.7 Å². The van der Waals surface area contributed by atoms with E-state index in [2.05, 4.69) is 42.7 Å². The zero-order valence-corrected chi connectivity index (χ0v) is 26.7. The van der Waals surface area contributed by atoms with Gasteiger partial charge in [0.25, 0.3) is 0 Å². The average Bonchev–Trinajstić information content (AvgIpc) is 3.35. The normalized spacial score (nSPS) is 19.9. The minimum absolute atomic E-state index is 0.292. The fraction of sp³-hybridized carbons (Fsp3) is 0.379. The van der Waals surface area contributed by atoms with Gasteiger partial charge in [0.2, 0.25) is 0 Å². The van der Waals surface area contributed by atoms with Gasteiger partial charge in [0.1, 0.15) is 23.6 Å². The van der Waals surface area contributed by atoms with Crippen LogP contribution in [0.25, 0.3) is 33.3 Å². The summed E-state index contributed by atoms with van der Waals surface area (Å²) in [6.07, 6.45) is 7.98. The lowest BCUT2D eigenvalue weighted by molar-refractivity contribution is 0.0828. The standard InChI is InChI=1S/C29H30Cl3FN6.H3NO2S/c1-37-8-10-38(11-9-37)19-3-5-20(6-4-19)39-15-22(27-28(34)35-16-36-29(27)39)17-2-7-21(25(33)12-17)26-23(31)13-18(30)14-24(26)32;1-4(2)3/h2,7,12-16,19-20H,3-6,8-11H2,1H3,(H2,34,35,36);4H,(H2,1,2,3). The second-order valence-electron chi connectivity index (χ2n) is 10.9. The third kappa shape index (κ3) is 7.09. The highest BCUT2D eigenvalue weighted by atomic mass is 35.5. The largest absolute Gasteiger partial charge is 0.383 e. The Hall–Kier alpha value is -2.51. The summed E-state index contributed by atoms with van der Waals surface area (Å²) in [6.45, 7) is 4.54. The van der Waals surface area contributed by atoms with Crippen LogP contribution in [0.4, 0.5) is 10.2 Å². The summed E-state index contributed by atoms with van der Waals surface area (Å²) in [4.78, 5) is 13.9. The van der Waals surface area contributed by atoms with E-state index in [4.69, 9.17) is 49.0 Å². The van der Waals surface area contributed by atoms with Crippen LogP contribution in [0.5, 0.6) is 0 Å². The first-order chi connectivity index (χ1) is 20.5. The smallest absolute Gasteiger partial charge is 0.198 e. The van der Waals surface area contributed by atoms with Crippen molar-refractivity contribution in [3.8, 4) is 22.3 Å². The molecular formula is C29H33Cl3FN7O2S. The van der Waals surface area contributed by atoms with Crippen molar-refractivity contribution >= 4 is 62.5 Å². The first-order valence-electron chi connectivity index (χ1n) is 13.9. The number of likely N-dealkylation sites (N-methyl/N-ethyl adjacent to an activating group) is 1. The molecule has 2 fully saturated rings. The molecule has 1 aliphatic heterocycles. The molecule has 0 radical (unpaired) electrons.